The number of hydrogen-bond acceptors (Lipinski definition) is 2. The second-order valence-corrected chi connectivity index (χ2v) is 6.20. The van der Waals surface area contributed by atoms with E-state index in [-0.39, 0.29) is 12.7 Å². The molecule has 0 spiro atoms. The Labute approximate surface area is 127 Å². The summed E-state index contributed by atoms with van der Waals surface area (Å²) in [5, 5.41) is 18.1. The van der Waals surface area contributed by atoms with Gasteiger partial charge in [0.25, 0.3) is 0 Å². The maximum absolute atomic E-state index is 9.47. The molecule has 0 bridgehead atoms. The Morgan fingerprint density at radius 1 is 0.600 bits per heavy atom. The van der Waals surface area contributed by atoms with Gasteiger partial charge in [-0.15, -0.1) is 0 Å². The summed E-state index contributed by atoms with van der Waals surface area (Å²) in [6.45, 7) is 2.38. The Balaban J connectivity index is 2.99. The average molecular weight is 286 g/mol. The van der Waals surface area contributed by atoms with Crippen LogP contribution in [0.25, 0.3) is 0 Å². The lowest BCUT2D eigenvalue weighted by Gasteiger charge is -2.08. The third kappa shape index (κ3) is 16.0. The zero-order valence-electron chi connectivity index (χ0n) is 13.8. The smallest absolute Gasteiger partial charge is 0.0562 e. The normalized spacial score (nSPS) is 12.8. The lowest BCUT2D eigenvalue weighted by Crippen LogP contribution is -2.08. The minimum atomic E-state index is -0.285. The minimum Gasteiger partial charge on any atom is -0.396 e. The molecule has 0 aliphatic carbocycles. The molecule has 20 heavy (non-hydrogen) atoms. The molecule has 0 rings (SSSR count). The lowest BCUT2D eigenvalue weighted by atomic mass is 10.0. The van der Waals surface area contributed by atoms with Gasteiger partial charge in [-0.3, -0.25) is 0 Å². The number of aliphatic hydroxyl groups excluding tert-OH is 2. The summed E-state index contributed by atoms with van der Waals surface area (Å²) >= 11 is 0. The van der Waals surface area contributed by atoms with Gasteiger partial charge in [0, 0.05) is 6.61 Å². The van der Waals surface area contributed by atoms with Crippen molar-refractivity contribution in [3.8, 4) is 0 Å². The quantitative estimate of drug-likeness (QED) is 0.382. The number of hydrogen-bond donors (Lipinski definition) is 2. The molecule has 2 heteroatoms. The molecule has 0 aromatic heterocycles. The van der Waals surface area contributed by atoms with Crippen molar-refractivity contribution in [1.29, 1.82) is 0 Å². The van der Waals surface area contributed by atoms with Crippen molar-refractivity contribution in [2.45, 2.75) is 109 Å². The molecule has 0 aromatic rings. The second-order valence-electron chi connectivity index (χ2n) is 6.20. The molecule has 0 unspecified atom stereocenters. The first-order valence-corrected chi connectivity index (χ1v) is 9.10. The molecule has 0 aliphatic heterocycles. The van der Waals surface area contributed by atoms with Crippen LogP contribution in [0, 0.1) is 0 Å². The lowest BCUT2D eigenvalue weighted by molar-refractivity contribution is 0.122. The van der Waals surface area contributed by atoms with E-state index in [0.29, 0.717) is 6.42 Å². The van der Waals surface area contributed by atoms with Crippen molar-refractivity contribution in [2.75, 3.05) is 6.61 Å². The minimum absolute atomic E-state index is 0.111. The summed E-state index contributed by atoms with van der Waals surface area (Å²) in [6, 6.07) is 0. The highest BCUT2D eigenvalue weighted by Crippen LogP contribution is 2.13. The van der Waals surface area contributed by atoms with Crippen molar-refractivity contribution in [2.24, 2.45) is 0 Å². The van der Waals surface area contributed by atoms with Crippen LogP contribution in [0.1, 0.15) is 103 Å². The third-order valence-corrected chi connectivity index (χ3v) is 4.10. The van der Waals surface area contributed by atoms with Gasteiger partial charge in [0.2, 0.25) is 0 Å². The summed E-state index contributed by atoms with van der Waals surface area (Å²) in [5.41, 5.74) is 0. The van der Waals surface area contributed by atoms with Crippen LogP contribution in [0.4, 0.5) is 0 Å². The molecular formula is C18H38O2. The van der Waals surface area contributed by atoms with Crippen LogP contribution in [0.3, 0.4) is 0 Å². The zero-order chi connectivity index (χ0) is 14.9. The van der Waals surface area contributed by atoms with Gasteiger partial charge in [0.15, 0.2) is 0 Å². The fourth-order valence-corrected chi connectivity index (χ4v) is 2.69. The first-order chi connectivity index (χ1) is 9.81. The third-order valence-electron chi connectivity index (χ3n) is 4.10. The molecular weight excluding hydrogens is 248 g/mol. The predicted molar refractivity (Wildman–Crippen MR) is 88.0 cm³/mol. The van der Waals surface area contributed by atoms with E-state index in [1.807, 2.05) is 0 Å². The Morgan fingerprint density at radius 2 is 1.00 bits per heavy atom. The predicted octanol–water partition coefficient (Wildman–Crippen LogP) is 5.21. The highest BCUT2D eigenvalue weighted by atomic mass is 16.3. The monoisotopic (exact) mass is 286 g/mol. The highest BCUT2D eigenvalue weighted by molar-refractivity contribution is 4.55. The van der Waals surface area contributed by atoms with E-state index < -0.39 is 0 Å². The molecule has 0 fully saturated rings. The van der Waals surface area contributed by atoms with Crippen molar-refractivity contribution < 1.29 is 10.2 Å². The van der Waals surface area contributed by atoms with Crippen LogP contribution in [0.2, 0.25) is 0 Å². The van der Waals surface area contributed by atoms with E-state index in [4.69, 9.17) is 5.11 Å². The molecule has 0 amide bonds. The van der Waals surface area contributed by atoms with E-state index in [9.17, 15) is 5.11 Å². The Morgan fingerprint density at radius 3 is 1.40 bits per heavy atom. The molecule has 2 N–H and O–H groups in total. The molecule has 1 atom stereocenters. The average Bonchev–Trinajstić information content (AvgIpc) is 2.44. The van der Waals surface area contributed by atoms with Gasteiger partial charge in [0.1, 0.15) is 0 Å². The Kier molecular flexibility index (Phi) is 16.9. The molecule has 0 saturated heterocycles. The summed E-state index contributed by atoms with van der Waals surface area (Å²) < 4.78 is 0. The fraction of sp³-hybridized carbons (Fsp3) is 1.00. The summed E-state index contributed by atoms with van der Waals surface area (Å²) in [7, 11) is 0. The van der Waals surface area contributed by atoms with E-state index in [2.05, 4.69) is 6.92 Å². The van der Waals surface area contributed by atoms with Crippen LogP contribution < -0.4 is 0 Å². The van der Waals surface area contributed by atoms with Gasteiger partial charge in [-0.1, -0.05) is 90.4 Å². The molecule has 0 heterocycles. The summed E-state index contributed by atoms with van der Waals surface area (Å²) in [5.74, 6) is 0. The molecule has 0 aliphatic rings. The van der Waals surface area contributed by atoms with Gasteiger partial charge in [-0.2, -0.15) is 0 Å². The molecule has 2 nitrogen and oxygen atoms in total. The highest BCUT2D eigenvalue weighted by Gasteiger charge is 2.02. The van der Waals surface area contributed by atoms with Crippen molar-refractivity contribution in [1.82, 2.24) is 0 Å². The Hall–Kier alpha value is -0.0800. The van der Waals surface area contributed by atoms with Crippen molar-refractivity contribution >= 4 is 0 Å². The second kappa shape index (κ2) is 17.0. The largest absolute Gasteiger partial charge is 0.396 e. The van der Waals surface area contributed by atoms with Gasteiger partial charge >= 0.3 is 0 Å². The van der Waals surface area contributed by atoms with Gasteiger partial charge in [-0.25, -0.2) is 0 Å². The number of unbranched alkanes of at least 4 members (excludes halogenated alkanes) is 12. The first-order valence-electron chi connectivity index (χ1n) is 9.10. The first kappa shape index (κ1) is 19.9. The van der Waals surface area contributed by atoms with Crippen LogP contribution in [0.15, 0.2) is 0 Å². The van der Waals surface area contributed by atoms with Gasteiger partial charge in [0.05, 0.1) is 6.10 Å². The molecule has 0 aromatic carbocycles. The van der Waals surface area contributed by atoms with Gasteiger partial charge in [-0.05, 0) is 12.8 Å². The van der Waals surface area contributed by atoms with E-state index >= 15 is 0 Å². The molecule has 122 valence electrons. The maximum Gasteiger partial charge on any atom is 0.0562 e. The van der Waals surface area contributed by atoms with Crippen molar-refractivity contribution in [3.05, 3.63) is 0 Å². The topological polar surface area (TPSA) is 40.5 Å². The van der Waals surface area contributed by atoms with Crippen LogP contribution in [-0.4, -0.2) is 22.9 Å². The van der Waals surface area contributed by atoms with Crippen LogP contribution in [-0.2, 0) is 0 Å². The SMILES string of the molecule is CCCCCCCCCCCCCCC[C@@H](O)CCO. The Bertz CT molecular complexity index is 171. The fourth-order valence-electron chi connectivity index (χ4n) is 2.69. The summed E-state index contributed by atoms with van der Waals surface area (Å²) in [6.07, 6.45) is 18.8. The van der Waals surface area contributed by atoms with Crippen LogP contribution in [0.5, 0.6) is 0 Å². The number of rotatable bonds is 16. The van der Waals surface area contributed by atoms with E-state index in [1.165, 1.54) is 77.0 Å². The maximum atomic E-state index is 9.47. The summed E-state index contributed by atoms with van der Waals surface area (Å²) in [4.78, 5) is 0. The van der Waals surface area contributed by atoms with Crippen LogP contribution >= 0.6 is 0 Å². The molecule has 0 saturated carbocycles. The van der Waals surface area contributed by atoms with Gasteiger partial charge < -0.3 is 10.2 Å². The molecule has 0 radical (unpaired) electrons. The van der Waals surface area contributed by atoms with E-state index in [1.54, 1.807) is 0 Å². The number of aliphatic hydroxyl groups is 2. The van der Waals surface area contributed by atoms with E-state index in [0.717, 1.165) is 12.8 Å². The standard InChI is InChI=1S/C18H38O2/c1-2-3-4-5-6-7-8-9-10-11-12-13-14-15-18(20)16-17-19/h18-20H,2-17H2,1H3/t18-/m1/s1. The van der Waals surface area contributed by atoms with Crippen molar-refractivity contribution in [3.63, 3.8) is 0 Å². The zero-order valence-corrected chi connectivity index (χ0v) is 13.8.